The van der Waals surface area contributed by atoms with Crippen molar-refractivity contribution in [1.82, 2.24) is 5.32 Å². The summed E-state index contributed by atoms with van der Waals surface area (Å²) in [4.78, 5) is 23.1. The van der Waals surface area contributed by atoms with Crippen molar-refractivity contribution in [3.63, 3.8) is 0 Å². The van der Waals surface area contributed by atoms with Crippen LogP contribution < -0.4 is 14.8 Å². The molecule has 0 aliphatic heterocycles. The minimum atomic E-state index is -3.03. The SMILES string of the molecule is COc1ccc(C(=O)N[C@H]2CC[C@@H](C(=O)O)C2)cc1OC(F)F. The van der Waals surface area contributed by atoms with Crippen molar-refractivity contribution in [3.05, 3.63) is 23.8 Å². The smallest absolute Gasteiger partial charge is 0.387 e. The van der Waals surface area contributed by atoms with Crippen LogP contribution >= 0.6 is 0 Å². The van der Waals surface area contributed by atoms with E-state index in [1.165, 1.54) is 25.3 Å². The molecule has 1 aromatic carbocycles. The molecular formula is C15H17F2NO5. The number of amides is 1. The highest BCUT2D eigenvalue weighted by molar-refractivity contribution is 5.95. The number of rotatable bonds is 6. The van der Waals surface area contributed by atoms with Crippen LogP contribution in [0.5, 0.6) is 11.5 Å². The summed E-state index contributed by atoms with van der Waals surface area (Å²) in [6.45, 7) is -3.03. The minimum Gasteiger partial charge on any atom is -0.493 e. The van der Waals surface area contributed by atoms with E-state index in [2.05, 4.69) is 10.1 Å². The van der Waals surface area contributed by atoms with E-state index in [1.807, 2.05) is 0 Å². The highest BCUT2D eigenvalue weighted by Crippen LogP contribution is 2.30. The zero-order valence-corrected chi connectivity index (χ0v) is 12.4. The van der Waals surface area contributed by atoms with Gasteiger partial charge in [-0.1, -0.05) is 0 Å². The molecule has 0 spiro atoms. The Morgan fingerprint density at radius 3 is 2.61 bits per heavy atom. The fraction of sp³-hybridized carbons (Fsp3) is 0.467. The van der Waals surface area contributed by atoms with Crippen molar-refractivity contribution < 1.29 is 33.0 Å². The van der Waals surface area contributed by atoms with Crippen molar-refractivity contribution in [2.24, 2.45) is 5.92 Å². The van der Waals surface area contributed by atoms with Crippen LogP contribution in [0, 0.1) is 5.92 Å². The Morgan fingerprint density at radius 2 is 2.04 bits per heavy atom. The number of nitrogens with one attached hydrogen (secondary N) is 1. The van der Waals surface area contributed by atoms with E-state index in [4.69, 9.17) is 9.84 Å². The third-order valence-corrected chi connectivity index (χ3v) is 3.76. The molecule has 0 heterocycles. The predicted molar refractivity (Wildman–Crippen MR) is 75.9 cm³/mol. The number of carboxylic acid groups (broad SMARTS) is 1. The summed E-state index contributed by atoms with van der Waals surface area (Å²) in [6.07, 6.45) is 1.43. The molecule has 0 radical (unpaired) electrons. The lowest BCUT2D eigenvalue weighted by molar-refractivity contribution is -0.141. The predicted octanol–water partition coefficient (Wildman–Crippen LogP) is 2.28. The van der Waals surface area contributed by atoms with E-state index in [1.54, 1.807) is 0 Å². The molecule has 1 aliphatic rings. The van der Waals surface area contributed by atoms with Crippen LogP contribution in [0.2, 0.25) is 0 Å². The highest BCUT2D eigenvalue weighted by Gasteiger charge is 2.30. The summed E-state index contributed by atoms with van der Waals surface area (Å²) in [5, 5.41) is 11.7. The summed E-state index contributed by atoms with van der Waals surface area (Å²) in [5.41, 5.74) is 0.139. The molecule has 0 saturated heterocycles. The molecular weight excluding hydrogens is 312 g/mol. The summed E-state index contributed by atoms with van der Waals surface area (Å²) in [6, 6.07) is 3.71. The second kappa shape index (κ2) is 7.26. The zero-order valence-electron chi connectivity index (χ0n) is 12.4. The van der Waals surface area contributed by atoms with Crippen LogP contribution in [0.4, 0.5) is 8.78 Å². The normalized spacial score (nSPS) is 20.3. The molecule has 1 aliphatic carbocycles. The van der Waals surface area contributed by atoms with E-state index >= 15 is 0 Å². The van der Waals surface area contributed by atoms with Crippen LogP contribution in [0.25, 0.3) is 0 Å². The Labute approximate surface area is 131 Å². The van der Waals surface area contributed by atoms with Crippen LogP contribution in [-0.4, -0.2) is 36.7 Å². The Kier molecular flexibility index (Phi) is 5.36. The number of hydrogen-bond acceptors (Lipinski definition) is 4. The number of carbonyl (C=O) groups is 2. The topological polar surface area (TPSA) is 84.9 Å². The molecule has 0 aromatic heterocycles. The van der Waals surface area contributed by atoms with Crippen LogP contribution in [0.1, 0.15) is 29.6 Å². The van der Waals surface area contributed by atoms with Crippen molar-refractivity contribution in [2.45, 2.75) is 31.9 Å². The molecule has 8 heteroatoms. The largest absolute Gasteiger partial charge is 0.493 e. The van der Waals surface area contributed by atoms with Gasteiger partial charge < -0.3 is 19.9 Å². The zero-order chi connectivity index (χ0) is 17.0. The van der Waals surface area contributed by atoms with Gasteiger partial charge in [-0.2, -0.15) is 8.78 Å². The van der Waals surface area contributed by atoms with Crippen molar-refractivity contribution in [1.29, 1.82) is 0 Å². The Hall–Kier alpha value is -2.38. The van der Waals surface area contributed by atoms with Gasteiger partial charge in [-0.25, -0.2) is 0 Å². The van der Waals surface area contributed by atoms with Gasteiger partial charge in [-0.05, 0) is 37.5 Å². The second-order valence-electron chi connectivity index (χ2n) is 5.26. The van der Waals surface area contributed by atoms with E-state index in [0.717, 1.165) is 0 Å². The van der Waals surface area contributed by atoms with Gasteiger partial charge in [0.1, 0.15) is 0 Å². The van der Waals surface area contributed by atoms with Crippen LogP contribution in [0.3, 0.4) is 0 Å². The van der Waals surface area contributed by atoms with Gasteiger partial charge in [-0.15, -0.1) is 0 Å². The third kappa shape index (κ3) is 4.30. The first-order chi connectivity index (χ1) is 10.9. The number of methoxy groups -OCH3 is 1. The lowest BCUT2D eigenvalue weighted by atomic mass is 10.1. The maximum absolute atomic E-state index is 12.4. The third-order valence-electron chi connectivity index (χ3n) is 3.76. The van der Waals surface area contributed by atoms with Crippen molar-refractivity contribution in [2.75, 3.05) is 7.11 Å². The number of alkyl halides is 2. The number of ether oxygens (including phenoxy) is 2. The van der Waals surface area contributed by atoms with Crippen molar-refractivity contribution in [3.8, 4) is 11.5 Å². The van der Waals surface area contributed by atoms with E-state index in [9.17, 15) is 18.4 Å². The van der Waals surface area contributed by atoms with Gasteiger partial charge >= 0.3 is 12.6 Å². The van der Waals surface area contributed by atoms with E-state index in [0.29, 0.717) is 19.3 Å². The molecule has 1 saturated carbocycles. The Morgan fingerprint density at radius 1 is 1.30 bits per heavy atom. The minimum absolute atomic E-state index is 0.0913. The molecule has 1 aromatic rings. The first-order valence-electron chi connectivity index (χ1n) is 7.07. The molecule has 2 N–H and O–H groups in total. The number of carboxylic acids is 1. The monoisotopic (exact) mass is 329 g/mol. The number of hydrogen-bond donors (Lipinski definition) is 2. The summed E-state index contributed by atoms with van der Waals surface area (Å²) in [5.74, 6) is -1.95. The second-order valence-corrected chi connectivity index (χ2v) is 5.26. The van der Waals surface area contributed by atoms with Gasteiger partial charge in [0.25, 0.3) is 5.91 Å². The Bertz CT molecular complexity index is 593. The first-order valence-corrected chi connectivity index (χ1v) is 7.07. The van der Waals surface area contributed by atoms with Gasteiger partial charge in [0.2, 0.25) is 0 Å². The lowest BCUT2D eigenvalue weighted by Gasteiger charge is -2.14. The fourth-order valence-electron chi connectivity index (χ4n) is 2.61. The number of halogens is 2. The molecule has 1 amide bonds. The van der Waals surface area contributed by atoms with Gasteiger partial charge in [0.15, 0.2) is 11.5 Å². The molecule has 1 fully saturated rings. The van der Waals surface area contributed by atoms with Crippen LogP contribution in [0.15, 0.2) is 18.2 Å². The quantitative estimate of drug-likeness (QED) is 0.836. The molecule has 0 unspecified atom stereocenters. The molecule has 2 atom stereocenters. The maximum atomic E-state index is 12.4. The Balaban J connectivity index is 2.06. The standard InChI is InChI=1S/C15H17F2NO5/c1-22-11-5-3-8(7-12(11)23-15(16)17)13(19)18-10-4-2-9(6-10)14(20)21/h3,5,7,9-10,15H,2,4,6H2,1H3,(H,18,19)(H,20,21)/t9-,10+/m1/s1. The fourth-order valence-corrected chi connectivity index (χ4v) is 2.61. The van der Waals surface area contributed by atoms with Crippen molar-refractivity contribution >= 4 is 11.9 Å². The molecule has 2 rings (SSSR count). The first kappa shape index (κ1) is 17.0. The number of carbonyl (C=O) groups excluding carboxylic acids is 1. The molecule has 23 heavy (non-hydrogen) atoms. The maximum Gasteiger partial charge on any atom is 0.387 e. The summed E-state index contributed by atoms with van der Waals surface area (Å²) >= 11 is 0. The molecule has 126 valence electrons. The number of benzene rings is 1. The van der Waals surface area contributed by atoms with Gasteiger partial charge in [-0.3, -0.25) is 9.59 Å². The van der Waals surface area contributed by atoms with E-state index in [-0.39, 0.29) is 23.1 Å². The van der Waals surface area contributed by atoms with E-state index < -0.39 is 24.4 Å². The number of aliphatic carboxylic acids is 1. The summed E-state index contributed by atoms with van der Waals surface area (Å²) in [7, 11) is 1.30. The van der Waals surface area contributed by atoms with Gasteiger partial charge in [0, 0.05) is 11.6 Å². The summed E-state index contributed by atoms with van der Waals surface area (Å²) < 4.78 is 34.0. The van der Waals surface area contributed by atoms with Gasteiger partial charge in [0.05, 0.1) is 13.0 Å². The van der Waals surface area contributed by atoms with Crippen LogP contribution in [-0.2, 0) is 4.79 Å². The average Bonchev–Trinajstić information content (AvgIpc) is 2.95. The average molecular weight is 329 g/mol. The molecule has 0 bridgehead atoms. The highest BCUT2D eigenvalue weighted by atomic mass is 19.3. The molecule has 6 nitrogen and oxygen atoms in total. The lowest BCUT2D eigenvalue weighted by Crippen LogP contribution is -2.33.